The van der Waals surface area contributed by atoms with Crippen molar-refractivity contribution in [2.45, 2.75) is 26.7 Å². The van der Waals surface area contributed by atoms with Gasteiger partial charge in [-0.05, 0) is 19.4 Å². The second-order valence-electron chi connectivity index (χ2n) is 2.61. The maximum Gasteiger partial charge on any atom is 0.142 e. The van der Waals surface area contributed by atoms with E-state index in [2.05, 4.69) is 9.97 Å². The zero-order valence-corrected chi connectivity index (χ0v) is 7.33. The topological polar surface area (TPSA) is 49.6 Å². The van der Waals surface area contributed by atoms with E-state index in [-0.39, 0.29) is 0 Å². The summed E-state index contributed by atoms with van der Waals surface area (Å²) >= 11 is 0. The molecule has 3 heteroatoms. The van der Waals surface area contributed by atoms with Gasteiger partial charge in [-0.1, -0.05) is 6.92 Å². The van der Waals surface area contributed by atoms with E-state index < -0.39 is 0 Å². The molecule has 0 aliphatic heterocycles. The fourth-order valence-electron chi connectivity index (χ4n) is 1.03. The smallest absolute Gasteiger partial charge is 0.142 e. The SMILES string of the molecule is CCc1cc(C)nc(CC#N)n1. The third-order valence-corrected chi connectivity index (χ3v) is 1.55. The quantitative estimate of drug-likeness (QED) is 0.659. The Hall–Kier alpha value is -1.43. The van der Waals surface area contributed by atoms with Crippen LogP contribution in [0.1, 0.15) is 24.1 Å². The highest BCUT2D eigenvalue weighted by Crippen LogP contribution is 2.01. The van der Waals surface area contributed by atoms with Gasteiger partial charge in [0.05, 0.1) is 12.5 Å². The fourth-order valence-corrected chi connectivity index (χ4v) is 1.03. The zero-order chi connectivity index (χ0) is 8.97. The third kappa shape index (κ3) is 2.03. The third-order valence-electron chi connectivity index (χ3n) is 1.55. The standard InChI is InChI=1S/C9H11N3/c1-3-8-6-7(2)11-9(12-8)4-5-10/h6H,3-4H2,1-2H3. The van der Waals surface area contributed by atoms with Gasteiger partial charge in [0, 0.05) is 11.4 Å². The molecule has 0 bridgehead atoms. The fraction of sp³-hybridized carbons (Fsp3) is 0.444. The molecule has 0 radical (unpaired) electrons. The van der Waals surface area contributed by atoms with Crippen molar-refractivity contribution in [3.05, 3.63) is 23.3 Å². The highest BCUT2D eigenvalue weighted by Gasteiger charge is 1.99. The van der Waals surface area contributed by atoms with Gasteiger partial charge in [-0.2, -0.15) is 5.26 Å². The molecule has 0 aliphatic rings. The van der Waals surface area contributed by atoms with E-state index in [0.29, 0.717) is 12.2 Å². The number of hydrogen-bond acceptors (Lipinski definition) is 3. The van der Waals surface area contributed by atoms with Gasteiger partial charge in [-0.15, -0.1) is 0 Å². The van der Waals surface area contributed by atoms with Gasteiger partial charge >= 0.3 is 0 Å². The average molecular weight is 161 g/mol. The van der Waals surface area contributed by atoms with Crippen LogP contribution in [-0.4, -0.2) is 9.97 Å². The highest BCUT2D eigenvalue weighted by atomic mass is 14.9. The van der Waals surface area contributed by atoms with Gasteiger partial charge in [0.25, 0.3) is 0 Å². The van der Waals surface area contributed by atoms with Crippen LogP contribution in [0.25, 0.3) is 0 Å². The second kappa shape index (κ2) is 3.82. The maximum absolute atomic E-state index is 8.44. The number of rotatable bonds is 2. The van der Waals surface area contributed by atoms with Gasteiger partial charge in [-0.3, -0.25) is 0 Å². The summed E-state index contributed by atoms with van der Waals surface area (Å²) in [5, 5.41) is 8.44. The Balaban J connectivity index is 2.99. The van der Waals surface area contributed by atoms with E-state index in [4.69, 9.17) is 5.26 Å². The van der Waals surface area contributed by atoms with Crippen LogP contribution in [0.5, 0.6) is 0 Å². The Morgan fingerprint density at radius 2 is 2.25 bits per heavy atom. The van der Waals surface area contributed by atoms with Crippen LogP contribution in [0.2, 0.25) is 0 Å². The molecule has 0 amide bonds. The molecule has 0 aliphatic carbocycles. The first-order chi connectivity index (χ1) is 5.76. The van der Waals surface area contributed by atoms with E-state index in [9.17, 15) is 0 Å². The molecule has 0 saturated carbocycles. The number of aryl methyl sites for hydroxylation is 2. The van der Waals surface area contributed by atoms with Gasteiger partial charge in [0.2, 0.25) is 0 Å². The van der Waals surface area contributed by atoms with Gasteiger partial charge < -0.3 is 0 Å². The van der Waals surface area contributed by atoms with E-state index >= 15 is 0 Å². The molecule has 0 aromatic carbocycles. The largest absolute Gasteiger partial charge is 0.237 e. The minimum atomic E-state index is 0.300. The summed E-state index contributed by atoms with van der Waals surface area (Å²) in [5.74, 6) is 0.634. The van der Waals surface area contributed by atoms with E-state index in [1.165, 1.54) is 0 Å². The maximum atomic E-state index is 8.44. The average Bonchev–Trinajstić information content (AvgIpc) is 2.04. The molecule has 62 valence electrons. The molecule has 0 spiro atoms. The Kier molecular flexibility index (Phi) is 2.76. The van der Waals surface area contributed by atoms with Crippen molar-refractivity contribution in [1.29, 1.82) is 5.26 Å². The van der Waals surface area contributed by atoms with Crippen LogP contribution in [0.3, 0.4) is 0 Å². The summed E-state index contributed by atoms with van der Waals surface area (Å²) in [4.78, 5) is 8.35. The summed E-state index contributed by atoms with van der Waals surface area (Å²) in [6, 6.07) is 3.98. The van der Waals surface area contributed by atoms with Crippen LogP contribution in [0.15, 0.2) is 6.07 Å². The Labute approximate surface area is 72.1 Å². The monoisotopic (exact) mass is 161 g/mol. The highest BCUT2D eigenvalue weighted by molar-refractivity contribution is 5.11. The molecule has 0 saturated heterocycles. The summed E-state index contributed by atoms with van der Waals surface area (Å²) in [5.41, 5.74) is 1.94. The number of nitrogens with zero attached hydrogens (tertiary/aromatic N) is 3. The van der Waals surface area contributed by atoms with Gasteiger partial charge in [-0.25, -0.2) is 9.97 Å². The molecule has 1 rings (SSSR count). The van der Waals surface area contributed by atoms with E-state index in [1.54, 1.807) is 0 Å². The van der Waals surface area contributed by atoms with Crippen LogP contribution >= 0.6 is 0 Å². The summed E-state index contributed by atoms with van der Waals surface area (Å²) in [6.45, 7) is 3.96. The van der Waals surface area contributed by atoms with E-state index in [1.807, 2.05) is 26.0 Å². The molecule has 0 unspecified atom stereocenters. The molecule has 1 aromatic rings. The van der Waals surface area contributed by atoms with Crippen LogP contribution < -0.4 is 0 Å². The number of nitriles is 1. The number of hydrogen-bond donors (Lipinski definition) is 0. The minimum Gasteiger partial charge on any atom is -0.237 e. The number of aromatic nitrogens is 2. The minimum absolute atomic E-state index is 0.300. The lowest BCUT2D eigenvalue weighted by atomic mass is 10.2. The Morgan fingerprint density at radius 3 is 2.83 bits per heavy atom. The van der Waals surface area contributed by atoms with Crippen molar-refractivity contribution in [2.24, 2.45) is 0 Å². The van der Waals surface area contributed by atoms with Crippen molar-refractivity contribution in [1.82, 2.24) is 9.97 Å². The Morgan fingerprint density at radius 1 is 1.50 bits per heavy atom. The lowest BCUT2D eigenvalue weighted by Crippen LogP contribution is -1.99. The molecular formula is C9H11N3. The summed E-state index contributed by atoms with van der Waals surface area (Å²) < 4.78 is 0. The Bertz CT molecular complexity index is 312. The van der Waals surface area contributed by atoms with Crippen LogP contribution in [0, 0.1) is 18.3 Å². The molecule has 1 heterocycles. The first kappa shape index (κ1) is 8.66. The van der Waals surface area contributed by atoms with Gasteiger partial charge in [0.15, 0.2) is 0 Å². The van der Waals surface area contributed by atoms with Gasteiger partial charge in [0.1, 0.15) is 5.82 Å². The van der Waals surface area contributed by atoms with Crippen molar-refractivity contribution < 1.29 is 0 Å². The zero-order valence-electron chi connectivity index (χ0n) is 7.33. The molecule has 0 fully saturated rings. The lowest BCUT2D eigenvalue weighted by Gasteiger charge is -2.00. The molecule has 12 heavy (non-hydrogen) atoms. The van der Waals surface area contributed by atoms with Crippen molar-refractivity contribution in [3.8, 4) is 6.07 Å². The first-order valence-electron chi connectivity index (χ1n) is 3.96. The predicted molar refractivity (Wildman–Crippen MR) is 45.5 cm³/mol. The van der Waals surface area contributed by atoms with Crippen molar-refractivity contribution >= 4 is 0 Å². The summed E-state index contributed by atoms with van der Waals surface area (Å²) in [7, 11) is 0. The molecule has 0 N–H and O–H groups in total. The van der Waals surface area contributed by atoms with Crippen molar-refractivity contribution in [3.63, 3.8) is 0 Å². The molecule has 0 atom stereocenters. The normalized spacial score (nSPS) is 9.42. The first-order valence-corrected chi connectivity index (χ1v) is 3.96. The van der Waals surface area contributed by atoms with Crippen LogP contribution in [-0.2, 0) is 12.8 Å². The molecule has 1 aromatic heterocycles. The lowest BCUT2D eigenvalue weighted by molar-refractivity contribution is 0.899. The molecule has 3 nitrogen and oxygen atoms in total. The second-order valence-corrected chi connectivity index (χ2v) is 2.61. The predicted octanol–water partition coefficient (Wildman–Crippen LogP) is 1.41. The summed E-state index contributed by atoms with van der Waals surface area (Å²) in [6.07, 6.45) is 1.19. The molecular weight excluding hydrogens is 150 g/mol. The van der Waals surface area contributed by atoms with E-state index in [0.717, 1.165) is 17.8 Å². The van der Waals surface area contributed by atoms with Crippen LogP contribution in [0.4, 0.5) is 0 Å². The van der Waals surface area contributed by atoms with Crippen molar-refractivity contribution in [2.75, 3.05) is 0 Å².